The predicted octanol–water partition coefficient (Wildman–Crippen LogP) is 0.913. The van der Waals surface area contributed by atoms with Crippen LogP contribution < -0.4 is 15.4 Å². The Balaban J connectivity index is 2.93. The van der Waals surface area contributed by atoms with Crippen LogP contribution in [0.25, 0.3) is 0 Å². The topological polar surface area (TPSA) is 113 Å². The Kier molecular flexibility index (Phi) is 6.06. The van der Waals surface area contributed by atoms with Gasteiger partial charge < -0.3 is 10.6 Å². The van der Waals surface area contributed by atoms with Crippen LogP contribution >= 0.6 is 0 Å². The molecule has 118 valence electrons. The molecular formula is C12H20N4O4S. The highest BCUT2D eigenvalue weighted by Crippen LogP contribution is 2.27. The highest BCUT2D eigenvalue weighted by Gasteiger charge is 2.20. The lowest BCUT2D eigenvalue weighted by atomic mass is 10.2. The Labute approximate surface area is 124 Å². The van der Waals surface area contributed by atoms with E-state index in [1.54, 1.807) is 0 Å². The van der Waals surface area contributed by atoms with E-state index < -0.39 is 14.9 Å². The molecule has 0 aromatic heterocycles. The predicted molar refractivity (Wildman–Crippen MR) is 81.0 cm³/mol. The second-order valence-electron chi connectivity index (χ2n) is 4.68. The van der Waals surface area contributed by atoms with Gasteiger partial charge in [0.25, 0.3) is 5.69 Å². The van der Waals surface area contributed by atoms with Gasteiger partial charge in [-0.1, -0.05) is 13.8 Å². The Bertz CT molecular complexity index is 601. The summed E-state index contributed by atoms with van der Waals surface area (Å²) >= 11 is 0. The summed E-state index contributed by atoms with van der Waals surface area (Å²) in [5.74, 6) is 0. The number of nitro benzene ring substituents is 1. The molecule has 0 aliphatic carbocycles. The largest absolute Gasteiger partial charge is 0.378 e. The number of benzene rings is 1. The molecule has 0 saturated heterocycles. The summed E-state index contributed by atoms with van der Waals surface area (Å²) in [6.07, 6.45) is 0. The van der Waals surface area contributed by atoms with Crippen molar-refractivity contribution in [3.8, 4) is 0 Å². The zero-order chi connectivity index (χ0) is 16.0. The third kappa shape index (κ3) is 4.96. The summed E-state index contributed by atoms with van der Waals surface area (Å²) in [6.45, 7) is 5.14. The maximum atomic E-state index is 11.7. The van der Waals surface area contributed by atoms with E-state index in [2.05, 4.69) is 15.4 Å². The molecule has 0 unspecified atom stereocenters. The molecule has 0 bridgehead atoms. The highest BCUT2D eigenvalue weighted by molar-refractivity contribution is 7.89. The number of nitrogens with zero attached hydrogens (tertiary/aromatic N) is 1. The van der Waals surface area contributed by atoms with Crippen molar-refractivity contribution in [1.82, 2.24) is 10.0 Å². The van der Waals surface area contributed by atoms with Gasteiger partial charge in [0.2, 0.25) is 10.0 Å². The van der Waals surface area contributed by atoms with Crippen molar-refractivity contribution in [1.29, 1.82) is 0 Å². The van der Waals surface area contributed by atoms with E-state index in [4.69, 9.17) is 0 Å². The van der Waals surface area contributed by atoms with Crippen LogP contribution in [-0.4, -0.2) is 39.5 Å². The minimum absolute atomic E-state index is 0.137. The van der Waals surface area contributed by atoms with Crippen LogP contribution in [0.5, 0.6) is 0 Å². The fourth-order valence-electron chi connectivity index (χ4n) is 1.66. The third-order valence-corrected chi connectivity index (χ3v) is 4.15. The fourth-order valence-corrected chi connectivity index (χ4v) is 2.40. The van der Waals surface area contributed by atoms with Crippen molar-refractivity contribution in [2.75, 3.05) is 25.5 Å². The Morgan fingerprint density at radius 1 is 1.29 bits per heavy atom. The van der Waals surface area contributed by atoms with Crippen molar-refractivity contribution in [2.45, 2.75) is 24.8 Å². The third-order valence-electron chi connectivity index (χ3n) is 2.74. The average molecular weight is 316 g/mol. The van der Waals surface area contributed by atoms with Gasteiger partial charge in [-0.25, -0.2) is 13.1 Å². The van der Waals surface area contributed by atoms with E-state index in [1.807, 2.05) is 13.8 Å². The fraction of sp³-hybridized carbons (Fsp3) is 0.500. The Hall–Kier alpha value is -1.71. The monoisotopic (exact) mass is 316 g/mol. The lowest BCUT2D eigenvalue weighted by Gasteiger charge is -2.11. The molecule has 0 spiro atoms. The smallest absolute Gasteiger partial charge is 0.293 e. The highest BCUT2D eigenvalue weighted by atomic mass is 32.2. The zero-order valence-electron chi connectivity index (χ0n) is 12.2. The molecule has 0 aliphatic rings. The molecule has 1 rings (SSSR count). The Morgan fingerprint density at radius 2 is 1.95 bits per heavy atom. The molecule has 1 aromatic carbocycles. The molecule has 8 nitrogen and oxygen atoms in total. The molecule has 0 amide bonds. The van der Waals surface area contributed by atoms with Gasteiger partial charge >= 0.3 is 0 Å². The summed E-state index contributed by atoms with van der Waals surface area (Å²) in [4.78, 5) is 10.3. The second kappa shape index (κ2) is 7.34. The lowest BCUT2D eigenvalue weighted by molar-refractivity contribution is -0.384. The van der Waals surface area contributed by atoms with Crippen molar-refractivity contribution in [3.63, 3.8) is 0 Å². The minimum atomic E-state index is -3.70. The van der Waals surface area contributed by atoms with E-state index in [0.717, 1.165) is 6.07 Å². The number of nitrogens with one attached hydrogen (secondary N) is 3. The lowest BCUT2D eigenvalue weighted by Crippen LogP contribution is -2.28. The van der Waals surface area contributed by atoms with Gasteiger partial charge in [0.05, 0.1) is 9.82 Å². The normalized spacial score (nSPS) is 11.6. The first-order valence-electron chi connectivity index (χ1n) is 6.47. The van der Waals surface area contributed by atoms with Gasteiger partial charge in [0.1, 0.15) is 5.69 Å². The SMILES string of the molecule is CNS(=O)(=O)c1ccc(NCCNC(C)C)c([N+](=O)[O-])c1. The summed E-state index contributed by atoms with van der Waals surface area (Å²) in [6, 6.07) is 4.10. The molecule has 9 heteroatoms. The van der Waals surface area contributed by atoms with Gasteiger partial charge in [0, 0.05) is 25.2 Å². The van der Waals surface area contributed by atoms with Gasteiger partial charge in [-0.2, -0.15) is 0 Å². The van der Waals surface area contributed by atoms with Crippen LogP contribution in [0, 0.1) is 10.1 Å². The van der Waals surface area contributed by atoms with Crippen LogP contribution in [-0.2, 0) is 10.0 Å². The summed E-state index contributed by atoms with van der Waals surface area (Å²) in [7, 11) is -2.45. The van der Waals surface area contributed by atoms with Crippen LogP contribution in [0.3, 0.4) is 0 Å². The second-order valence-corrected chi connectivity index (χ2v) is 6.57. The number of anilines is 1. The van der Waals surface area contributed by atoms with E-state index in [0.29, 0.717) is 24.8 Å². The van der Waals surface area contributed by atoms with Crippen LogP contribution in [0.4, 0.5) is 11.4 Å². The molecule has 1 aromatic rings. The van der Waals surface area contributed by atoms with Gasteiger partial charge in [0.15, 0.2) is 0 Å². The van der Waals surface area contributed by atoms with Gasteiger partial charge in [-0.15, -0.1) is 0 Å². The summed E-state index contributed by atoms with van der Waals surface area (Å²) in [5, 5.41) is 17.2. The van der Waals surface area contributed by atoms with Crippen LogP contribution in [0.1, 0.15) is 13.8 Å². The first kappa shape index (κ1) is 17.3. The standard InChI is InChI=1S/C12H20N4O4S/c1-9(2)14-6-7-15-11-5-4-10(21(19,20)13-3)8-12(11)16(17)18/h4-5,8-9,13-15H,6-7H2,1-3H3. The number of sulfonamides is 1. The maximum Gasteiger partial charge on any atom is 0.293 e. The minimum Gasteiger partial charge on any atom is -0.378 e. The van der Waals surface area contributed by atoms with E-state index >= 15 is 0 Å². The van der Waals surface area contributed by atoms with Crippen LogP contribution in [0.2, 0.25) is 0 Å². The molecule has 0 heterocycles. The molecule has 3 N–H and O–H groups in total. The number of rotatable bonds is 8. The van der Waals surface area contributed by atoms with E-state index in [1.165, 1.54) is 19.2 Å². The van der Waals surface area contributed by atoms with Crippen LogP contribution in [0.15, 0.2) is 23.1 Å². The first-order valence-corrected chi connectivity index (χ1v) is 7.95. The summed E-state index contributed by atoms with van der Waals surface area (Å²) < 4.78 is 25.4. The quantitative estimate of drug-likeness (QED) is 0.373. The van der Waals surface area contributed by atoms with Crippen molar-refractivity contribution < 1.29 is 13.3 Å². The molecular weight excluding hydrogens is 296 g/mol. The molecule has 0 saturated carbocycles. The van der Waals surface area contributed by atoms with E-state index in [9.17, 15) is 18.5 Å². The van der Waals surface area contributed by atoms with Crippen molar-refractivity contribution >= 4 is 21.4 Å². The maximum absolute atomic E-state index is 11.7. The number of nitro groups is 1. The van der Waals surface area contributed by atoms with Crippen molar-refractivity contribution in [2.24, 2.45) is 0 Å². The molecule has 21 heavy (non-hydrogen) atoms. The molecule has 0 aliphatic heterocycles. The first-order chi connectivity index (χ1) is 9.77. The Morgan fingerprint density at radius 3 is 2.48 bits per heavy atom. The van der Waals surface area contributed by atoms with E-state index in [-0.39, 0.29) is 10.6 Å². The van der Waals surface area contributed by atoms with Gasteiger partial charge in [-0.3, -0.25) is 10.1 Å². The number of hydrogen-bond acceptors (Lipinski definition) is 6. The van der Waals surface area contributed by atoms with Crippen molar-refractivity contribution in [3.05, 3.63) is 28.3 Å². The molecule has 0 fully saturated rings. The summed E-state index contributed by atoms with van der Waals surface area (Å²) in [5.41, 5.74) is 0.0245. The molecule has 0 atom stereocenters. The number of hydrogen-bond donors (Lipinski definition) is 3. The zero-order valence-corrected chi connectivity index (χ0v) is 13.0. The molecule has 0 radical (unpaired) electrons. The average Bonchev–Trinajstić information content (AvgIpc) is 2.43. The van der Waals surface area contributed by atoms with Gasteiger partial charge in [-0.05, 0) is 19.2 Å².